The minimum Gasteiger partial charge on any atom is -0.323 e. The zero-order chi connectivity index (χ0) is 18.8. The first-order valence-electron chi connectivity index (χ1n) is 9.55. The summed E-state index contributed by atoms with van der Waals surface area (Å²) in [4.78, 5) is 9.45. The number of nitrogens with two attached hydrogens (primary N) is 1. The molecule has 1 aliphatic carbocycles. The van der Waals surface area contributed by atoms with Gasteiger partial charge in [-0.3, -0.25) is 4.98 Å². The van der Waals surface area contributed by atoms with Gasteiger partial charge in [0.2, 0.25) is 0 Å². The Bertz CT molecular complexity index is 914. The van der Waals surface area contributed by atoms with Crippen LogP contribution in [0.1, 0.15) is 42.9 Å². The SMILES string of the molecule is CCCC(N)c1cccc(C2=CC3C(C=C2)C=NN3c2cccc(C)n2)n1. The van der Waals surface area contributed by atoms with Gasteiger partial charge in [0.15, 0.2) is 0 Å². The van der Waals surface area contributed by atoms with Gasteiger partial charge in [-0.1, -0.05) is 37.6 Å². The van der Waals surface area contributed by atoms with Crippen LogP contribution >= 0.6 is 0 Å². The lowest BCUT2D eigenvalue weighted by Crippen LogP contribution is -2.31. The summed E-state index contributed by atoms with van der Waals surface area (Å²) in [5, 5.41) is 6.59. The van der Waals surface area contributed by atoms with Crippen LogP contribution in [0.25, 0.3) is 5.57 Å². The molecule has 0 bridgehead atoms. The van der Waals surface area contributed by atoms with Crippen LogP contribution in [-0.2, 0) is 0 Å². The van der Waals surface area contributed by atoms with E-state index in [-0.39, 0.29) is 18.0 Å². The Kier molecular flexibility index (Phi) is 4.86. The molecular weight excluding hydrogens is 334 g/mol. The number of anilines is 1. The van der Waals surface area contributed by atoms with Crippen LogP contribution in [0.4, 0.5) is 5.82 Å². The Hall–Kier alpha value is -2.79. The van der Waals surface area contributed by atoms with E-state index in [2.05, 4.69) is 35.2 Å². The van der Waals surface area contributed by atoms with Crippen molar-refractivity contribution in [2.45, 2.75) is 38.8 Å². The molecule has 0 radical (unpaired) electrons. The van der Waals surface area contributed by atoms with Crippen molar-refractivity contribution in [3.05, 3.63) is 71.7 Å². The third-order valence-corrected chi connectivity index (χ3v) is 5.04. The number of aromatic nitrogens is 2. The molecule has 2 aromatic rings. The number of pyridine rings is 2. The number of hydrogen-bond acceptors (Lipinski definition) is 5. The van der Waals surface area contributed by atoms with Crippen LogP contribution in [0.5, 0.6) is 0 Å². The fourth-order valence-corrected chi connectivity index (χ4v) is 3.59. The average Bonchev–Trinajstić information content (AvgIpc) is 3.11. The van der Waals surface area contributed by atoms with Gasteiger partial charge in [-0.25, -0.2) is 9.99 Å². The molecule has 0 spiro atoms. The van der Waals surface area contributed by atoms with Gasteiger partial charge < -0.3 is 5.73 Å². The first-order chi connectivity index (χ1) is 13.2. The molecule has 0 amide bonds. The first-order valence-corrected chi connectivity index (χ1v) is 9.55. The summed E-state index contributed by atoms with van der Waals surface area (Å²) in [7, 11) is 0. The predicted octanol–water partition coefficient (Wildman–Crippen LogP) is 4.03. The van der Waals surface area contributed by atoms with E-state index in [1.54, 1.807) is 0 Å². The monoisotopic (exact) mass is 359 g/mol. The third kappa shape index (κ3) is 3.55. The van der Waals surface area contributed by atoms with E-state index in [9.17, 15) is 0 Å². The van der Waals surface area contributed by atoms with Crippen LogP contribution in [0.15, 0.2) is 59.7 Å². The number of hydrogen-bond donors (Lipinski definition) is 1. The lowest BCUT2D eigenvalue weighted by Gasteiger charge is -2.26. The van der Waals surface area contributed by atoms with Crippen LogP contribution in [-0.4, -0.2) is 22.2 Å². The predicted molar refractivity (Wildman–Crippen MR) is 110 cm³/mol. The van der Waals surface area contributed by atoms with E-state index in [4.69, 9.17) is 10.7 Å². The molecule has 0 fully saturated rings. The first kappa shape index (κ1) is 17.6. The Labute approximate surface area is 160 Å². The summed E-state index contributed by atoms with van der Waals surface area (Å²) in [6.07, 6.45) is 10.5. The van der Waals surface area contributed by atoms with Gasteiger partial charge in [0, 0.05) is 23.9 Å². The Morgan fingerprint density at radius 2 is 2.00 bits per heavy atom. The average molecular weight is 359 g/mol. The van der Waals surface area contributed by atoms with E-state index >= 15 is 0 Å². The Morgan fingerprint density at radius 1 is 1.15 bits per heavy atom. The minimum absolute atomic E-state index is 0.0151. The maximum absolute atomic E-state index is 6.27. The van der Waals surface area contributed by atoms with Crippen molar-refractivity contribution in [2.24, 2.45) is 16.8 Å². The highest BCUT2D eigenvalue weighted by molar-refractivity contribution is 5.81. The Balaban J connectivity index is 1.63. The molecule has 3 unspecified atom stereocenters. The van der Waals surface area contributed by atoms with Crippen molar-refractivity contribution in [3.63, 3.8) is 0 Å². The van der Waals surface area contributed by atoms with Crippen LogP contribution in [0.3, 0.4) is 0 Å². The molecule has 0 saturated heterocycles. The third-order valence-electron chi connectivity index (χ3n) is 5.04. The maximum atomic E-state index is 6.27. The number of hydrazone groups is 1. The van der Waals surface area contributed by atoms with Gasteiger partial charge in [0.05, 0.1) is 17.4 Å². The highest BCUT2D eigenvalue weighted by Crippen LogP contribution is 2.32. The van der Waals surface area contributed by atoms with Gasteiger partial charge >= 0.3 is 0 Å². The molecule has 27 heavy (non-hydrogen) atoms. The molecule has 5 nitrogen and oxygen atoms in total. The van der Waals surface area contributed by atoms with Gasteiger partial charge in [0.1, 0.15) is 5.82 Å². The number of rotatable bonds is 5. The molecule has 3 atom stereocenters. The molecule has 0 aromatic carbocycles. The molecule has 2 aliphatic rings. The highest BCUT2D eigenvalue weighted by Gasteiger charge is 2.32. The second-order valence-corrected chi connectivity index (χ2v) is 7.14. The summed E-state index contributed by atoms with van der Waals surface area (Å²) < 4.78 is 0. The van der Waals surface area contributed by atoms with Crippen molar-refractivity contribution in [3.8, 4) is 0 Å². The molecule has 138 valence electrons. The van der Waals surface area contributed by atoms with E-state index in [0.717, 1.165) is 41.3 Å². The van der Waals surface area contributed by atoms with E-state index in [1.165, 1.54) is 0 Å². The van der Waals surface area contributed by atoms with Crippen LogP contribution in [0.2, 0.25) is 0 Å². The van der Waals surface area contributed by atoms with Crippen molar-refractivity contribution >= 4 is 17.6 Å². The summed E-state index contributed by atoms with van der Waals surface area (Å²) in [5.41, 5.74) is 10.3. The van der Waals surface area contributed by atoms with Gasteiger partial charge in [-0.2, -0.15) is 5.10 Å². The second-order valence-electron chi connectivity index (χ2n) is 7.14. The fraction of sp³-hybridized carbons (Fsp3) is 0.318. The summed E-state index contributed by atoms with van der Waals surface area (Å²) in [6.45, 7) is 4.14. The molecule has 0 saturated carbocycles. The van der Waals surface area contributed by atoms with Crippen molar-refractivity contribution in [1.82, 2.24) is 9.97 Å². The normalized spacial score (nSPS) is 21.9. The van der Waals surface area contributed by atoms with Crippen molar-refractivity contribution < 1.29 is 0 Å². The Morgan fingerprint density at radius 3 is 2.81 bits per heavy atom. The standard InChI is InChI=1S/C22H25N5/c1-3-6-18(23)20-9-5-8-19(26-20)16-11-12-17-14-24-27(21(17)13-16)22-10-4-7-15(2)25-22/h4-5,7-14,17-18,21H,3,6,23H2,1-2H3. The summed E-state index contributed by atoms with van der Waals surface area (Å²) in [6, 6.07) is 12.2. The smallest absolute Gasteiger partial charge is 0.149 e. The number of fused-ring (bicyclic) bond motifs is 1. The maximum Gasteiger partial charge on any atom is 0.149 e. The molecule has 2 aromatic heterocycles. The van der Waals surface area contributed by atoms with Gasteiger partial charge in [-0.15, -0.1) is 0 Å². The number of allylic oxidation sites excluding steroid dienone is 2. The largest absolute Gasteiger partial charge is 0.323 e. The topological polar surface area (TPSA) is 67.4 Å². The van der Waals surface area contributed by atoms with Gasteiger partial charge in [0.25, 0.3) is 0 Å². The zero-order valence-electron chi connectivity index (χ0n) is 15.8. The lowest BCUT2D eigenvalue weighted by molar-refractivity contribution is 0.621. The van der Waals surface area contributed by atoms with Crippen LogP contribution in [0, 0.1) is 12.8 Å². The quantitative estimate of drug-likeness (QED) is 0.875. The van der Waals surface area contributed by atoms with Crippen molar-refractivity contribution in [2.75, 3.05) is 5.01 Å². The zero-order valence-corrected chi connectivity index (χ0v) is 15.8. The fourth-order valence-electron chi connectivity index (χ4n) is 3.59. The molecule has 1 aliphatic heterocycles. The summed E-state index contributed by atoms with van der Waals surface area (Å²) >= 11 is 0. The molecule has 4 rings (SSSR count). The molecule has 3 heterocycles. The highest BCUT2D eigenvalue weighted by atomic mass is 15.5. The van der Waals surface area contributed by atoms with Crippen LogP contribution < -0.4 is 10.7 Å². The molecule has 2 N–H and O–H groups in total. The second kappa shape index (κ2) is 7.45. The summed E-state index contributed by atoms with van der Waals surface area (Å²) in [5.74, 6) is 1.12. The van der Waals surface area contributed by atoms with E-state index < -0.39 is 0 Å². The van der Waals surface area contributed by atoms with Gasteiger partial charge in [-0.05, 0) is 49.3 Å². The number of aryl methyl sites for hydroxylation is 1. The lowest BCUT2D eigenvalue weighted by atomic mass is 9.91. The van der Waals surface area contributed by atoms with E-state index in [0.29, 0.717) is 0 Å². The van der Waals surface area contributed by atoms with E-state index in [1.807, 2.05) is 54.5 Å². The number of nitrogens with zero attached hydrogens (tertiary/aromatic N) is 4. The minimum atomic E-state index is -0.0151. The molecule has 5 heteroatoms. The van der Waals surface area contributed by atoms with Crippen molar-refractivity contribution in [1.29, 1.82) is 0 Å². The molecular formula is C22H25N5.